The van der Waals surface area contributed by atoms with Crippen LogP contribution in [0.4, 0.5) is 0 Å². The maximum Gasteiger partial charge on any atom is 0.0866 e. The van der Waals surface area contributed by atoms with Gasteiger partial charge in [-0.25, -0.2) is 0 Å². The normalized spacial score (nSPS) is 32.4. The summed E-state index contributed by atoms with van der Waals surface area (Å²) in [7, 11) is 0. The van der Waals surface area contributed by atoms with Crippen molar-refractivity contribution in [3.05, 3.63) is 0 Å². The highest BCUT2D eigenvalue weighted by Gasteiger charge is 2.44. The second-order valence-electron chi connectivity index (χ2n) is 7.50. The molecule has 0 aromatic heterocycles. The van der Waals surface area contributed by atoms with Crippen molar-refractivity contribution in [2.45, 2.75) is 82.4 Å². The summed E-state index contributed by atoms with van der Waals surface area (Å²) in [5.74, 6) is 0. The van der Waals surface area contributed by atoms with Gasteiger partial charge in [-0.3, -0.25) is 0 Å². The first-order chi connectivity index (χ1) is 12.9. The fourth-order valence-corrected chi connectivity index (χ4v) is 3.58. The molecule has 1 saturated carbocycles. The van der Waals surface area contributed by atoms with Crippen molar-refractivity contribution in [2.75, 3.05) is 46.2 Å². The molecule has 3 aliphatic rings. The fourth-order valence-electron chi connectivity index (χ4n) is 3.58. The minimum Gasteiger partial charge on any atom is -0.381 e. The highest BCUT2D eigenvalue weighted by molar-refractivity contribution is 4.92. The summed E-state index contributed by atoms with van der Waals surface area (Å²) in [6, 6.07) is 0. The molecule has 0 N–H and O–H groups in total. The molecule has 1 aliphatic carbocycles. The number of ether oxygens (including phenoxy) is 6. The van der Waals surface area contributed by atoms with E-state index in [2.05, 4.69) is 6.92 Å². The fraction of sp³-hybridized carbons (Fsp3) is 1.00. The Labute approximate surface area is 157 Å². The highest BCUT2D eigenvalue weighted by atomic mass is 16.6. The Morgan fingerprint density at radius 1 is 0.731 bits per heavy atom. The van der Waals surface area contributed by atoms with E-state index >= 15 is 0 Å². The average Bonchev–Trinajstić information content (AvgIpc) is 3.55. The summed E-state index contributed by atoms with van der Waals surface area (Å²) >= 11 is 0. The van der Waals surface area contributed by atoms with Gasteiger partial charge in [0.05, 0.1) is 43.7 Å². The van der Waals surface area contributed by atoms with Gasteiger partial charge in [-0.1, -0.05) is 6.92 Å². The van der Waals surface area contributed by atoms with Crippen LogP contribution >= 0.6 is 0 Å². The molecule has 0 aromatic carbocycles. The lowest BCUT2D eigenvalue weighted by atomic mass is 9.98. The first-order valence-corrected chi connectivity index (χ1v) is 10.5. The Morgan fingerprint density at radius 3 is 2.19 bits per heavy atom. The summed E-state index contributed by atoms with van der Waals surface area (Å²) in [6.07, 6.45) is 9.56. The predicted octanol–water partition coefficient (Wildman–Crippen LogP) is 2.72. The van der Waals surface area contributed by atoms with E-state index in [0.717, 1.165) is 71.6 Å². The zero-order valence-corrected chi connectivity index (χ0v) is 16.2. The Balaban J connectivity index is 1.03. The third kappa shape index (κ3) is 7.79. The topological polar surface area (TPSA) is 62.0 Å². The number of hydrogen-bond acceptors (Lipinski definition) is 6. The van der Waals surface area contributed by atoms with E-state index < -0.39 is 0 Å². The maximum absolute atomic E-state index is 5.92. The molecule has 5 unspecified atom stereocenters. The molecular formula is C20H36O6. The molecule has 152 valence electrons. The quantitative estimate of drug-likeness (QED) is 0.307. The molecule has 2 saturated heterocycles. The molecular weight excluding hydrogens is 336 g/mol. The molecule has 6 nitrogen and oxygen atoms in total. The van der Waals surface area contributed by atoms with Gasteiger partial charge < -0.3 is 28.4 Å². The summed E-state index contributed by atoms with van der Waals surface area (Å²) in [6.45, 7) is 7.39. The SMILES string of the molecule is CCCOCCOCCC1OC1CCOCCCOC1CCC2OC2C1. The number of epoxide rings is 2. The molecule has 0 amide bonds. The zero-order valence-electron chi connectivity index (χ0n) is 16.2. The molecule has 2 aliphatic heterocycles. The Kier molecular flexibility index (Phi) is 9.12. The summed E-state index contributed by atoms with van der Waals surface area (Å²) < 4.78 is 33.7. The van der Waals surface area contributed by atoms with Crippen molar-refractivity contribution in [1.29, 1.82) is 0 Å². The van der Waals surface area contributed by atoms with Crippen molar-refractivity contribution in [2.24, 2.45) is 0 Å². The number of fused-ring (bicyclic) bond motifs is 1. The molecule has 0 bridgehead atoms. The van der Waals surface area contributed by atoms with E-state index in [0.29, 0.717) is 43.7 Å². The first kappa shape index (κ1) is 20.5. The van der Waals surface area contributed by atoms with Crippen molar-refractivity contribution in [3.63, 3.8) is 0 Å². The zero-order chi connectivity index (χ0) is 18.0. The van der Waals surface area contributed by atoms with Gasteiger partial charge in [-0.15, -0.1) is 0 Å². The smallest absolute Gasteiger partial charge is 0.0866 e. The Bertz CT molecular complexity index is 379. The minimum atomic E-state index is 0.360. The van der Waals surface area contributed by atoms with E-state index in [-0.39, 0.29) is 0 Å². The van der Waals surface area contributed by atoms with Crippen LogP contribution in [0.15, 0.2) is 0 Å². The molecule has 0 spiro atoms. The predicted molar refractivity (Wildman–Crippen MR) is 97.5 cm³/mol. The second-order valence-corrected chi connectivity index (χ2v) is 7.50. The van der Waals surface area contributed by atoms with Gasteiger partial charge >= 0.3 is 0 Å². The molecule has 26 heavy (non-hydrogen) atoms. The van der Waals surface area contributed by atoms with Gasteiger partial charge in [-0.05, 0) is 38.5 Å². The minimum absolute atomic E-state index is 0.360. The van der Waals surface area contributed by atoms with Crippen LogP contribution in [0, 0.1) is 0 Å². The monoisotopic (exact) mass is 372 g/mol. The molecule has 6 heteroatoms. The second kappa shape index (κ2) is 11.6. The van der Waals surface area contributed by atoms with E-state index in [1.165, 1.54) is 6.42 Å². The molecule has 3 rings (SSSR count). The van der Waals surface area contributed by atoms with Gasteiger partial charge in [-0.2, -0.15) is 0 Å². The third-order valence-corrected chi connectivity index (χ3v) is 5.24. The van der Waals surface area contributed by atoms with Crippen LogP contribution in [-0.2, 0) is 28.4 Å². The van der Waals surface area contributed by atoms with Gasteiger partial charge in [0.25, 0.3) is 0 Å². The van der Waals surface area contributed by atoms with Crippen molar-refractivity contribution in [3.8, 4) is 0 Å². The summed E-state index contributed by atoms with van der Waals surface area (Å²) in [4.78, 5) is 0. The van der Waals surface area contributed by atoms with Gasteiger partial charge in [0.2, 0.25) is 0 Å². The lowest BCUT2D eigenvalue weighted by Crippen LogP contribution is -2.22. The summed E-state index contributed by atoms with van der Waals surface area (Å²) in [5, 5.41) is 0. The van der Waals surface area contributed by atoms with Crippen LogP contribution in [0.2, 0.25) is 0 Å². The van der Waals surface area contributed by atoms with Crippen molar-refractivity contribution >= 4 is 0 Å². The molecule has 2 heterocycles. The van der Waals surface area contributed by atoms with Crippen LogP contribution in [0.1, 0.15) is 51.9 Å². The van der Waals surface area contributed by atoms with Crippen molar-refractivity contribution in [1.82, 2.24) is 0 Å². The first-order valence-electron chi connectivity index (χ1n) is 10.5. The van der Waals surface area contributed by atoms with Crippen LogP contribution in [0.25, 0.3) is 0 Å². The van der Waals surface area contributed by atoms with Gasteiger partial charge in [0.15, 0.2) is 0 Å². The number of hydrogen-bond donors (Lipinski definition) is 0. The lowest BCUT2D eigenvalue weighted by molar-refractivity contribution is 0.0171. The third-order valence-electron chi connectivity index (χ3n) is 5.24. The highest BCUT2D eigenvalue weighted by Crippen LogP contribution is 2.37. The van der Waals surface area contributed by atoms with Crippen molar-refractivity contribution < 1.29 is 28.4 Å². The van der Waals surface area contributed by atoms with E-state index in [4.69, 9.17) is 28.4 Å². The van der Waals surface area contributed by atoms with E-state index in [9.17, 15) is 0 Å². The van der Waals surface area contributed by atoms with E-state index in [1.807, 2.05) is 0 Å². The molecule has 0 aromatic rings. The summed E-state index contributed by atoms with van der Waals surface area (Å²) in [5.41, 5.74) is 0. The van der Waals surface area contributed by atoms with Crippen LogP contribution in [0.3, 0.4) is 0 Å². The molecule has 5 atom stereocenters. The van der Waals surface area contributed by atoms with Gasteiger partial charge in [0.1, 0.15) is 0 Å². The largest absolute Gasteiger partial charge is 0.381 e. The Morgan fingerprint density at radius 2 is 1.46 bits per heavy atom. The molecule has 3 fully saturated rings. The lowest BCUT2D eigenvalue weighted by Gasteiger charge is -2.19. The standard InChI is InChI=1S/C20H36O6/c1-2-8-21-13-14-23-12-7-19-18(25-19)6-11-22-9-3-10-24-16-4-5-17-20(15-16)26-17/h16-20H,2-15H2,1H3. The van der Waals surface area contributed by atoms with Crippen LogP contribution < -0.4 is 0 Å². The molecule has 0 radical (unpaired) electrons. The number of rotatable bonds is 16. The maximum atomic E-state index is 5.92. The average molecular weight is 373 g/mol. The van der Waals surface area contributed by atoms with Gasteiger partial charge in [0, 0.05) is 39.5 Å². The van der Waals surface area contributed by atoms with Crippen LogP contribution in [0.5, 0.6) is 0 Å². The van der Waals surface area contributed by atoms with E-state index in [1.54, 1.807) is 0 Å². The Hall–Kier alpha value is -0.240. The van der Waals surface area contributed by atoms with Crippen LogP contribution in [-0.4, -0.2) is 76.8 Å².